The molecule has 0 spiro atoms. The predicted octanol–water partition coefficient (Wildman–Crippen LogP) is 6.48. The van der Waals surface area contributed by atoms with Gasteiger partial charge in [0.25, 0.3) is 0 Å². The zero-order valence-electron chi connectivity index (χ0n) is 27.8. The van der Waals surface area contributed by atoms with Crippen LogP contribution in [0.25, 0.3) is 0 Å². The van der Waals surface area contributed by atoms with E-state index < -0.39 is 115 Å². The minimum absolute atomic E-state index is 0.192. The smallest absolute Gasteiger partial charge is 0.460 e. The third-order valence-electron chi connectivity index (χ3n) is 7.06. The number of hydrogen-bond donors (Lipinski definition) is 1. The van der Waals surface area contributed by atoms with Gasteiger partial charge in [0.15, 0.2) is 0 Å². The Kier molecular flexibility index (Phi) is 16.5. The van der Waals surface area contributed by atoms with Crippen molar-refractivity contribution in [3.63, 3.8) is 0 Å². The first-order valence-electron chi connectivity index (χ1n) is 14.5. The largest absolute Gasteiger partial charge is 0.469 e. The first-order chi connectivity index (χ1) is 22.7. The summed E-state index contributed by atoms with van der Waals surface area (Å²) in [4.78, 5) is 48.5. The molecule has 0 fully saturated rings. The quantitative estimate of drug-likeness (QED) is 0.0785. The van der Waals surface area contributed by atoms with E-state index in [0.29, 0.717) is 0 Å². The summed E-state index contributed by atoms with van der Waals surface area (Å²) in [5.74, 6) is -43.2. The van der Waals surface area contributed by atoms with Crippen molar-refractivity contribution in [1.82, 2.24) is 0 Å². The summed E-state index contributed by atoms with van der Waals surface area (Å²) < 4.78 is 191. The molecule has 0 bridgehead atoms. The van der Waals surface area contributed by atoms with Crippen LogP contribution in [-0.2, 0) is 38.1 Å². The maximum Gasteiger partial charge on any atom is 0.460 e. The topological polar surface area (TPSA) is 125 Å². The normalized spacial score (nSPS) is 15.1. The summed E-state index contributed by atoms with van der Waals surface area (Å²) in [5.41, 5.74) is -2.54. The Labute approximate surface area is 287 Å². The lowest BCUT2D eigenvalue weighted by Gasteiger charge is -2.39. The second kappa shape index (κ2) is 17.4. The van der Waals surface area contributed by atoms with Crippen LogP contribution in [0.15, 0.2) is 0 Å². The van der Waals surface area contributed by atoms with Gasteiger partial charge in [0.2, 0.25) is 0 Å². The summed E-state index contributed by atoms with van der Waals surface area (Å²) in [5, 5.41) is 9.99. The fourth-order valence-electron chi connectivity index (χ4n) is 3.82. The molecule has 2 unspecified atom stereocenters. The van der Waals surface area contributed by atoms with E-state index in [2.05, 4.69) is 9.47 Å². The Morgan fingerprint density at radius 2 is 1.18 bits per heavy atom. The Morgan fingerprint density at radius 3 is 1.65 bits per heavy atom. The summed E-state index contributed by atoms with van der Waals surface area (Å²) in [7, 11) is 1.20. The Hall–Kier alpha value is -2.72. The third kappa shape index (κ3) is 11.6. The zero-order valence-corrected chi connectivity index (χ0v) is 28.7. The molecule has 0 radical (unpaired) electrons. The minimum atomic E-state index is -8.06. The van der Waals surface area contributed by atoms with Crippen LogP contribution in [0.5, 0.6) is 0 Å². The van der Waals surface area contributed by atoms with Crippen molar-refractivity contribution < 1.29 is 100 Å². The van der Waals surface area contributed by atoms with Gasteiger partial charge in [-0.05, 0) is 40.5 Å². The van der Waals surface area contributed by atoms with Gasteiger partial charge in [0.05, 0.1) is 42.6 Å². The van der Waals surface area contributed by atoms with Crippen LogP contribution in [0.4, 0.5) is 57.1 Å². The number of carbonyl (C=O) groups is 4. The van der Waals surface area contributed by atoms with Crippen molar-refractivity contribution in [2.75, 3.05) is 38.4 Å². The summed E-state index contributed by atoms with van der Waals surface area (Å²) in [6, 6.07) is 0. The van der Waals surface area contributed by atoms with Crippen LogP contribution >= 0.6 is 11.8 Å². The van der Waals surface area contributed by atoms with E-state index in [1.54, 1.807) is 13.8 Å². The van der Waals surface area contributed by atoms with Gasteiger partial charge in [-0.1, -0.05) is 6.92 Å². The van der Waals surface area contributed by atoms with E-state index in [1.165, 1.54) is 27.9 Å². The lowest BCUT2D eigenvalue weighted by atomic mass is 9.81. The van der Waals surface area contributed by atoms with Crippen LogP contribution < -0.4 is 0 Å². The highest BCUT2D eigenvalue weighted by Gasteiger charge is 2.90. The SMILES string of the molecule is CCC(CC(C)(C)C(=O)OCC(O)COC(=O)CSCC(C)(C)C(=O)OC)C(=O)OCCC(F)(F)C(F)(F)C(F)(F)C(F)(F)C(F)(F)C(F)(F)F. The average Bonchev–Trinajstić information content (AvgIpc) is 2.99. The van der Waals surface area contributed by atoms with Crippen molar-refractivity contribution in [3.8, 4) is 0 Å². The number of aliphatic hydroxyl groups is 1. The van der Waals surface area contributed by atoms with E-state index in [9.17, 15) is 81.4 Å². The molecule has 0 amide bonds. The highest BCUT2D eigenvalue weighted by atomic mass is 32.2. The van der Waals surface area contributed by atoms with Gasteiger partial charge in [-0.15, -0.1) is 11.8 Å². The summed E-state index contributed by atoms with van der Waals surface area (Å²) in [6.45, 7) is 3.53. The zero-order chi connectivity index (χ0) is 40.7. The molecule has 0 saturated heterocycles. The fourth-order valence-corrected chi connectivity index (χ4v) is 4.80. The average molecular weight is 797 g/mol. The maximum absolute atomic E-state index is 14.0. The lowest BCUT2D eigenvalue weighted by Crippen LogP contribution is -2.70. The van der Waals surface area contributed by atoms with E-state index in [0.717, 1.165) is 11.8 Å². The predicted molar refractivity (Wildman–Crippen MR) is 150 cm³/mol. The molecule has 300 valence electrons. The lowest BCUT2D eigenvalue weighted by molar-refractivity contribution is -0.440. The Morgan fingerprint density at radius 1 is 0.686 bits per heavy atom. The van der Waals surface area contributed by atoms with Gasteiger partial charge in [-0.25, -0.2) is 0 Å². The molecule has 0 aromatic carbocycles. The van der Waals surface area contributed by atoms with Gasteiger partial charge in [0, 0.05) is 5.75 Å². The number of aliphatic hydroxyl groups excluding tert-OH is 1. The molecule has 9 nitrogen and oxygen atoms in total. The molecule has 0 aliphatic heterocycles. The van der Waals surface area contributed by atoms with Crippen LogP contribution in [0, 0.1) is 16.7 Å². The number of alkyl halides is 13. The number of esters is 4. The van der Waals surface area contributed by atoms with Crippen molar-refractivity contribution in [3.05, 3.63) is 0 Å². The van der Waals surface area contributed by atoms with Gasteiger partial charge < -0.3 is 24.1 Å². The first-order valence-corrected chi connectivity index (χ1v) is 15.6. The highest BCUT2D eigenvalue weighted by Crippen LogP contribution is 2.60. The van der Waals surface area contributed by atoms with Crippen molar-refractivity contribution in [1.29, 1.82) is 0 Å². The van der Waals surface area contributed by atoms with Gasteiger partial charge >= 0.3 is 59.7 Å². The molecule has 0 aromatic heterocycles. The number of rotatable bonds is 21. The molecular weight excluding hydrogens is 759 g/mol. The summed E-state index contributed by atoms with van der Waals surface area (Å²) >= 11 is 1.04. The molecule has 51 heavy (non-hydrogen) atoms. The number of methoxy groups -OCH3 is 1. The molecular formula is C28H37F13O9S. The number of thioether (sulfide) groups is 1. The number of halogens is 13. The van der Waals surface area contributed by atoms with E-state index in [1.807, 2.05) is 0 Å². The van der Waals surface area contributed by atoms with Gasteiger partial charge in [-0.3, -0.25) is 19.2 Å². The van der Waals surface area contributed by atoms with Crippen molar-refractivity contribution in [2.45, 2.75) is 95.8 Å². The molecule has 0 rings (SSSR count). The van der Waals surface area contributed by atoms with Gasteiger partial charge in [-0.2, -0.15) is 57.1 Å². The third-order valence-corrected chi connectivity index (χ3v) is 8.42. The maximum atomic E-state index is 14.0. The van der Waals surface area contributed by atoms with Crippen molar-refractivity contribution in [2.24, 2.45) is 16.7 Å². The molecule has 0 aliphatic rings. The second-order valence-electron chi connectivity index (χ2n) is 12.4. The Balaban J connectivity index is 5.18. The number of carbonyl (C=O) groups excluding carboxylic acids is 4. The Bertz CT molecular complexity index is 1210. The number of hydrogen-bond acceptors (Lipinski definition) is 10. The fraction of sp³-hybridized carbons (Fsp3) is 0.857. The van der Waals surface area contributed by atoms with Crippen LogP contribution in [-0.4, -0.2) is 109 Å². The highest BCUT2D eigenvalue weighted by molar-refractivity contribution is 7.99. The second-order valence-corrected chi connectivity index (χ2v) is 13.4. The van der Waals surface area contributed by atoms with Crippen LogP contribution in [0.3, 0.4) is 0 Å². The molecule has 0 heterocycles. The molecule has 0 aliphatic carbocycles. The van der Waals surface area contributed by atoms with Crippen molar-refractivity contribution >= 4 is 35.6 Å². The molecule has 23 heteroatoms. The molecule has 1 N–H and O–H groups in total. The van der Waals surface area contributed by atoms with Crippen LogP contribution in [0.1, 0.15) is 53.9 Å². The molecule has 2 atom stereocenters. The molecule has 0 aromatic rings. The van der Waals surface area contributed by atoms with E-state index in [-0.39, 0.29) is 17.9 Å². The molecule has 0 saturated carbocycles. The van der Waals surface area contributed by atoms with E-state index >= 15 is 0 Å². The van der Waals surface area contributed by atoms with Crippen LogP contribution in [0.2, 0.25) is 0 Å². The van der Waals surface area contributed by atoms with Gasteiger partial charge in [0.1, 0.15) is 19.3 Å². The standard InChI is InChI=1S/C28H37F13O9S/c1-7-15(10-21(2,3)20(46)50-12-16(42)11-49-17(43)13-51-14-22(4,5)19(45)47-6)18(44)48-9-8-23(29,30)24(31,32)25(33,34)26(35,36)27(37,38)28(39,40)41/h15-16,42H,7-14H2,1-6H3. The minimum Gasteiger partial charge on any atom is -0.469 e. The van der Waals surface area contributed by atoms with E-state index in [4.69, 9.17) is 9.47 Å². The number of ether oxygens (including phenoxy) is 4. The first kappa shape index (κ1) is 48.3. The monoisotopic (exact) mass is 796 g/mol. The summed E-state index contributed by atoms with van der Waals surface area (Å²) in [6.07, 6.45) is -12.6.